The minimum atomic E-state index is -3.63. The highest BCUT2D eigenvalue weighted by molar-refractivity contribution is 7.89. The largest absolute Gasteiger partial charge is 0.351 e. The van der Waals surface area contributed by atoms with Gasteiger partial charge < -0.3 is 5.32 Å². The summed E-state index contributed by atoms with van der Waals surface area (Å²) in [4.78, 5) is 28.2. The van der Waals surface area contributed by atoms with E-state index in [-0.39, 0.29) is 30.8 Å². The molecule has 1 heterocycles. The second kappa shape index (κ2) is 9.88. The molecule has 2 fully saturated rings. The van der Waals surface area contributed by atoms with Crippen molar-refractivity contribution >= 4 is 39.1 Å². The Labute approximate surface area is 190 Å². The smallest absolute Gasteiger partial charge is 0.247 e. The summed E-state index contributed by atoms with van der Waals surface area (Å²) in [5.74, 6) is -0.875. The highest BCUT2D eigenvalue weighted by Crippen LogP contribution is 2.32. The normalized spacial score (nSPS) is 24.5. The van der Waals surface area contributed by atoms with Crippen LogP contribution in [0.5, 0.6) is 0 Å². The van der Waals surface area contributed by atoms with Crippen LogP contribution in [0.1, 0.15) is 58.8 Å². The van der Waals surface area contributed by atoms with E-state index in [0.29, 0.717) is 10.7 Å². The molecule has 1 N–H and O–H groups in total. The van der Waals surface area contributed by atoms with E-state index in [9.17, 15) is 18.0 Å². The molecule has 172 valence electrons. The minimum Gasteiger partial charge on any atom is -0.351 e. The molecule has 1 saturated carbocycles. The maximum atomic E-state index is 13.6. The Morgan fingerprint density at radius 1 is 1.13 bits per heavy atom. The summed E-state index contributed by atoms with van der Waals surface area (Å²) < 4.78 is 26.3. The summed E-state index contributed by atoms with van der Waals surface area (Å²) in [7, 11) is -3.63. The zero-order valence-corrected chi connectivity index (χ0v) is 19.8. The SMILES string of the molecule is CCS(=O)(=O)N1CC(=O)N(c2ccc(Cl)cc2)C(C)(C(=O)NC2CCCCCCC2)C1. The molecule has 2 amide bonds. The average Bonchev–Trinajstić information content (AvgIpc) is 2.70. The van der Waals surface area contributed by atoms with Crippen molar-refractivity contribution in [3.8, 4) is 0 Å². The third kappa shape index (κ3) is 5.41. The van der Waals surface area contributed by atoms with Crippen molar-refractivity contribution in [1.82, 2.24) is 9.62 Å². The second-order valence-electron chi connectivity index (χ2n) is 8.66. The van der Waals surface area contributed by atoms with Crippen molar-refractivity contribution in [3.05, 3.63) is 29.3 Å². The molecule has 1 atom stereocenters. The summed E-state index contributed by atoms with van der Waals surface area (Å²) in [6.45, 7) is 2.81. The molecule has 0 bridgehead atoms. The number of sulfonamides is 1. The van der Waals surface area contributed by atoms with Crippen molar-refractivity contribution in [2.24, 2.45) is 0 Å². The van der Waals surface area contributed by atoms with Crippen LogP contribution in [-0.4, -0.2) is 55.0 Å². The van der Waals surface area contributed by atoms with Crippen LogP contribution in [0, 0.1) is 0 Å². The quantitative estimate of drug-likeness (QED) is 0.716. The standard InChI is InChI=1S/C22H32ClN3O4S/c1-3-31(29,30)25-15-20(27)26(19-13-11-17(23)12-14-19)22(2,16-25)21(28)24-18-9-7-5-4-6-8-10-18/h11-14,18H,3-10,15-16H2,1-2H3,(H,24,28). The van der Waals surface area contributed by atoms with Gasteiger partial charge in [0, 0.05) is 23.3 Å². The summed E-state index contributed by atoms with van der Waals surface area (Å²) in [5.41, 5.74) is -0.841. The van der Waals surface area contributed by atoms with Gasteiger partial charge >= 0.3 is 0 Å². The fourth-order valence-electron chi connectivity index (χ4n) is 4.48. The van der Waals surface area contributed by atoms with Crippen molar-refractivity contribution in [3.63, 3.8) is 0 Å². The maximum absolute atomic E-state index is 13.6. The fraction of sp³-hybridized carbons (Fsp3) is 0.636. The molecular formula is C22H32ClN3O4S. The molecule has 0 aromatic heterocycles. The molecule has 1 saturated heterocycles. The van der Waals surface area contributed by atoms with Gasteiger partial charge in [0.15, 0.2) is 0 Å². The van der Waals surface area contributed by atoms with Gasteiger partial charge in [0.05, 0.1) is 12.3 Å². The molecule has 1 aliphatic heterocycles. The second-order valence-corrected chi connectivity index (χ2v) is 11.4. The maximum Gasteiger partial charge on any atom is 0.247 e. The van der Waals surface area contributed by atoms with Crippen LogP contribution in [-0.2, 0) is 19.6 Å². The molecule has 7 nitrogen and oxygen atoms in total. The molecular weight excluding hydrogens is 438 g/mol. The van der Waals surface area contributed by atoms with Gasteiger partial charge in [-0.1, -0.05) is 43.7 Å². The Kier molecular flexibility index (Phi) is 7.65. The van der Waals surface area contributed by atoms with Crippen LogP contribution in [0.4, 0.5) is 5.69 Å². The lowest BCUT2D eigenvalue weighted by Gasteiger charge is -2.47. The number of carbonyl (C=O) groups is 2. The van der Waals surface area contributed by atoms with Gasteiger partial charge in [-0.15, -0.1) is 0 Å². The monoisotopic (exact) mass is 469 g/mol. The Hall–Kier alpha value is -1.64. The zero-order valence-electron chi connectivity index (χ0n) is 18.3. The number of amides is 2. The number of nitrogens with zero attached hydrogens (tertiary/aromatic N) is 2. The molecule has 1 aliphatic carbocycles. The molecule has 3 rings (SSSR count). The van der Waals surface area contributed by atoms with Crippen molar-refractivity contribution < 1.29 is 18.0 Å². The Balaban J connectivity index is 1.94. The van der Waals surface area contributed by atoms with Gasteiger partial charge in [0.2, 0.25) is 21.8 Å². The van der Waals surface area contributed by atoms with Crippen LogP contribution in [0.25, 0.3) is 0 Å². The highest BCUT2D eigenvalue weighted by atomic mass is 35.5. The van der Waals surface area contributed by atoms with Crippen LogP contribution >= 0.6 is 11.6 Å². The predicted octanol–water partition coefficient (Wildman–Crippen LogP) is 3.33. The lowest BCUT2D eigenvalue weighted by molar-refractivity contribution is -0.133. The third-order valence-electron chi connectivity index (χ3n) is 6.31. The first kappa shape index (κ1) is 24.0. The van der Waals surface area contributed by atoms with Gasteiger partial charge in [0.1, 0.15) is 5.54 Å². The van der Waals surface area contributed by atoms with E-state index in [1.807, 2.05) is 0 Å². The summed E-state index contributed by atoms with van der Waals surface area (Å²) in [6, 6.07) is 6.72. The number of nitrogens with one attached hydrogen (secondary N) is 1. The number of carbonyl (C=O) groups excluding carboxylic acids is 2. The Bertz CT molecular complexity index is 898. The van der Waals surface area contributed by atoms with E-state index in [2.05, 4.69) is 5.32 Å². The topological polar surface area (TPSA) is 86.8 Å². The van der Waals surface area contributed by atoms with Crippen LogP contribution in [0.15, 0.2) is 24.3 Å². The molecule has 1 unspecified atom stereocenters. The summed E-state index contributed by atoms with van der Waals surface area (Å²) in [5, 5.41) is 3.66. The lowest BCUT2D eigenvalue weighted by atomic mass is 9.92. The van der Waals surface area contributed by atoms with E-state index in [0.717, 1.165) is 42.8 Å². The molecule has 1 aromatic rings. The summed E-state index contributed by atoms with van der Waals surface area (Å²) in [6.07, 6.45) is 7.43. The average molecular weight is 470 g/mol. The van der Waals surface area contributed by atoms with Gasteiger partial charge in [-0.3, -0.25) is 14.5 Å². The lowest BCUT2D eigenvalue weighted by Crippen LogP contribution is -2.70. The number of rotatable bonds is 5. The zero-order chi connectivity index (χ0) is 22.6. The highest BCUT2D eigenvalue weighted by Gasteiger charge is 2.50. The van der Waals surface area contributed by atoms with Gasteiger partial charge in [-0.25, -0.2) is 8.42 Å². The number of piperazine rings is 1. The first-order valence-corrected chi connectivity index (χ1v) is 13.0. The van der Waals surface area contributed by atoms with Gasteiger partial charge in [-0.2, -0.15) is 4.31 Å². The Morgan fingerprint density at radius 3 is 2.29 bits per heavy atom. The molecule has 31 heavy (non-hydrogen) atoms. The van der Waals surface area contributed by atoms with Crippen LogP contribution < -0.4 is 10.2 Å². The Morgan fingerprint density at radius 2 is 1.71 bits per heavy atom. The minimum absolute atomic E-state index is 0.0324. The van der Waals surface area contributed by atoms with E-state index in [1.165, 1.54) is 18.2 Å². The first-order chi connectivity index (χ1) is 14.7. The van der Waals surface area contributed by atoms with E-state index < -0.39 is 21.5 Å². The molecule has 2 aliphatic rings. The van der Waals surface area contributed by atoms with Crippen LogP contribution in [0.3, 0.4) is 0 Å². The van der Waals surface area contributed by atoms with E-state index >= 15 is 0 Å². The van der Waals surface area contributed by atoms with Crippen molar-refractivity contribution in [2.45, 2.75) is 70.4 Å². The van der Waals surface area contributed by atoms with Crippen molar-refractivity contribution in [1.29, 1.82) is 0 Å². The summed E-state index contributed by atoms with van der Waals surface area (Å²) >= 11 is 6.01. The van der Waals surface area contributed by atoms with Crippen LogP contribution in [0.2, 0.25) is 5.02 Å². The fourth-order valence-corrected chi connectivity index (χ4v) is 5.73. The molecule has 0 radical (unpaired) electrons. The van der Waals surface area contributed by atoms with E-state index in [1.54, 1.807) is 31.2 Å². The number of hydrogen-bond donors (Lipinski definition) is 1. The number of anilines is 1. The molecule has 9 heteroatoms. The predicted molar refractivity (Wildman–Crippen MR) is 123 cm³/mol. The third-order valence-corrected chi connectivity index (χ3v) is 8.34. The molecule has 1 aromatic carbocycles. The number of halogens is 1. The van der Waals surface area contributed by atoms with Crippen molar-refractivity contribution in [2.75, 3.05) is 23.7 Å². The van der Waals surface area contributed by atoms with Gasteiger partial charge in [0.25, 0.3) is 0 Å². The first-order valence-electron chi connectivity index (χ1n) is 11.0. The van der Waals surface area contributed by atoms with E-state index in [4.69, 9.17) is 11.6 Å². The van der Waals surface area contributed by atoms with Gasteiger partial charge in [-0.05, 0) is 51.0 Å². The number of benzene rings is 1. The molecule has 0 spiro atoms. The number of hydrogen-bond acceptors (Lipinski definition) is 4.